The van der Waals surface area contributed by atoms with Gasteiger partial charge in [-0.05, 0) is 36.6 Å². The van der Waals surface area contributed by atoms with Crippen LogP contribution in [0.4, 0.5) is 4.39 Å². The van der Waals surface area contributed by atoms with Crippen molar-refractivity contribution in [2.75, 3.05) is 6.54 Å². The molecule has 0 spiro atoms. The first-order valence-electron chi connectivity index (χ1n) is 7.39. The van der Waals surface area contributed by atoms with Gasteiger partial charge in [-0.25, -0.2) is 22.3 Å². The zero-order valence-electron chi connectivity index (χ0n) is 13.5. The molecule has 0 aliphatic carbocycles. The minimum Gasteiger partial charge on any atom is -0.480 e. The molecule has 0 aromatic heterocycles. The van der Waals surface area contributed by atoms with Crippen molar-refractivity contribution in [1.29, 1.82) is 0 Å². The quantitative estimate of drug-likeness (QED) is 0.611. The highest BCUT2D eigenvalue weighted by Crippen LogP contribution is 2.09. The normalized spacial score (nSPS) is 12.8. The van der Waals surface area contributed by atoms with Crippen LogP contribution in [0.2, 0.25) is 0 Å². The monoisotopic (exact) mass is 360 g/mol. The smallest absolute Gasteiger partial charge is 0.326 e. The van der Waals surface area contributed by atoms with Crippen LogP contribution in [-0.2, 0) is 19.6 Å². The van der Waals surface area contributed by atoms with Gasteiger partial charge in [0.1, 0.15) is 11.9 Å². The Balaban J connectivity index is 2.52. The number of amides is 1. The zero-order chi connectivity index (χ0) is 18.3. The van der Waals surface area contributed by atoms with Gasteiger partial charge in [0.15, 0.2) is 0 Å². The zero-order valence-corrected chi connectivity index (χ0v) is 14.3. The van der Waals surface area contributed by atoms with Crippen LogP contribution in [0.15, 0.2) is 29.2 Å². The van der Waals surface area contributed by atoms with Crippen molar-refractivity contribution >= 4 is 21.9 Å². The van der Waals surface area contributed by atoms with Gasteiger partial charge in [0.05, 0.1) is 4.90 Å². The molecule has 1 aromatic carbocycles. The fraction of sp³-hybridized carbons (Fsp3) is 0.467. The maximum atomic E-state index is 12.8. The van der Waals surface area contributed by atoms with Crippen molar-refractivity contribution in [1.82, 2.24) is 10.0 Å². The number of benzene rings is 1. The Labute approximate surface area is 140 Å². The number of rotatable bonds is 9. The van der Waals surface area contributed by atoms with E-state index in [1.165, 1.54) is 0 Å². The van der Waals surface area contributed by atoms with Gasteiger partial charge in [-0.3, -0.25) is 4.79 Å². The van der Waals surface area contributed by atoms with Crippen LogP contribution in [0.5, 0.6) is 0 Å². The number of carbonyl (C=O) groups excluding carboxylic acids is 1. The maximum absolute atomic E-state index is 12.8. The molecular formula is C15H21FN2O5S. The van der Waals surface area contributed by atoms with E-state index in [1.807, 2.05) is 13.8 Å². The molecule has 0 bridgehead atoms. The van der Waals surface area contributed by atoms with E-state index in [-0.39, 0.29) is 30.2 Å². The summed E-state index contributed by atoms with van der Waals surface area (Å²) in [7, 11) is -3.85. The number of carboxylic acids is 1. The molecule has 0 unspecified atom stereocenters. The van der Waals surface area contributed by atoms with Gasteiger partial charge >= 0.3 is 5.97 Å². The second kappa shape index (κ2) is 8.74. The first-order chi connectivity index (χ1) is 11.1. The van der Waals surface area contributed by atoms with Crippen LogP contribution in [0.3, 0.4) is 0 Å². The van der Waals surface area contributed by atoms with Crippen LogP contribution >= 0.6 is 0 Å². The van der Waals surface area contributed by atoms with Crippen molar-refractivity contribution in [3.05, 3.63) is 30.1 Å². The van der Waals surface area contributed by atoms with E-state index < -0.39 is 33.8 Å². The lowest BCUT2D eigenvalue weighted by Crippen LogP contribution is -2.42. The van der Waals surface area contributed by atoms with E-state index in [9.17, 15) is 22.4 Å². The lowest BCUT2D eigenvalue weighted by molar-refractivity contribution is -0.142. The molecule has 0 saturated heterocycles. The van der Waals surface area contributed by atoms with Gasteiger partial charge in [0, 0.05) is 13.0 Å². The number of aliphatic carboxylic acids is 1. The van der Waals surface area contributed by atoms with E-state index in [1.54, 1.807) is 0 Å². The average molecular weight is 360 g/mol. The highest BCUT2D eigenvalue weighted by atomic mass is 32.2. The highest BCUT2D eigenvalue weighted by Gasteiger charge is 2.21. The van der Waals surface area contributed by atoms with Crippen molar-refractivity contribution < 1.29 is 27.5 Å². The predicted molar refractivity (Wildman–Crippen MR) is 85.2 cm³/mol. The van der Waals surface area contributed by atoms with Gasteiger partial charge < -0.3 is 10.4 Å². The summed E-state index contributed by atoms with van der Waals surface area (Å²) in [5.74, 6) is -2.17. The van der Waals surface area contributed by atoms with Crippen molar-refractivity contribution in [3.8, 4) is 0 Å². The molecule has 0 saturated carbocycles. The molecule has 0 radical (unpaired) electrons. The molecule has 0 aliphatic rings. The molecular weight excluding hydrogens is 339 g/mol. The summed E-state index contributed by atoms with van der Waals surface area (Å²) < 4.78 is 38.9. The summed E-state index contributed by atoms with van der Waals surface area (Å²) in [6, 6.07) is 3.25. The molecule has 1 rings (SSSR count). The van der Waals surface area contributed by atoms with E-state index >= 15 is 0 Å². The Kier molecular flexibility index (Phi) is 7.30. The highest BCUT2D eigenvalue weighted by molar-refractivity contribution is 7.89. The number of hydrogen-bond donors (Lipinski definition) is 3. The molecule has 1 amide bonds. The minimum atomic E-state index is -3.85. The van der Waals surface area contributed by atoms with Gasteiger partial charge in [-0.15, -0.1) is 0 Å². The molecule has 0 fully saturated rings. The van der Waals surface area contributed by atoms with Gasteiger partial charge in [0.2, 0.25) is 15.9 Å². The molecule has 1 aromatic rings. The molecule has 7 nitrogen and oxygen atoms in total. The fourth-order valence-corrected chi connectivity index (χ4v) is 2.99. The Bertz CT molecular complexity index is 674. The third-order valence-electron chi connectivity index (χ3n) is 3.11. The van der Waals surface area contributed by atoms with Crippen LogP contribution in [-0.4, -0.2) is 38.0 Å². The fourth-order valence-electron chi connectivity index (χ4n) is 1.96. The van der Waals surface area contributed by atoms with Gasteiger partial charge in [0.25, 0.3) is 0 Å². The molecule has 134 valence electrons. The van der Waals surface area contributed by atoms with Crippen LogP contribution in [0.25, 0.3) is 0 Å². The van der Waals surface area contributed by atoms with Crippen molar-refractivity contribution in [2.24, 2.45) is 5.92 Å². The van der Waals surface area contributed by atoms with Crippen molar-refractivity contribution in [2.45, 2.75) is 37.6 Å². The second-order valence-corrected chi connectivity index (χ2v) is 7.46. The molecule has 0 aliphatic heterocycles. The van der Waals surface area contributed by atoms with E-state index in [4.69, 9.17) is 5.11 Å². The number of nitrogens with one attached hydrogen (secondary N) is 2. The largest absolute Gasteiger partial charge is 0.480 e. The number of carbonyl (C=O) groups is 2. The number of carboxylic acid groups (broad SMARTS) is 1. The molecule has 3 N–H and O–H groups in total. The van der Waals surface area contributed by atoms with Crippen LogP contribution in [0.1, 0.15) is 26.7 Å². The van der Waals surface area contributed by atoms with Crippen LogP contribution in [0, 0.1) is 11.7 Å². The summed E-state index contributed by atoms with van der Waals surface area (Å²) in [6.45, 7) is 3.47. The molecule has 1 atom stereocenters. The molecule has 24 heavy (non-hydrogen) atoms. The van der Waals surface area contributed by atoms with E-state index in [0.29, 0.717) is 0 Å². The number of halogens is 1. The minimum absolute atomic E-state index is 0.0865. The third-order valence-corrected chi connectivity index (χ3v) is 4.59. The maximum Gasteiger partial charge on any atom is 0.326 e. The second-order valence-electron chi connectivity index (χ2n) is 5.69. The standard InChI is InChI=1S/C15H21FN2O5S/c1-10(2)9-13(15(20)21)18-14(19)7-8-17-24(22,23)12-5-3-11(16)4-6-12/h3-6,10,13,17H,7-9H2,1-2H3,(H,18,19)(H,20,21)/t13-/m0/s1. The van der Waals surface area contributed by atoms with Crippen LogP contribution < -0.4 is 10.0 Å². The Hall–Kier alpha value is -2.00. The number of hydrogen-bond acceptors (Lipinski definition) is 4. The first kappa shape index (κ1) is 20.0. The first-order valence-corrected chi connectivity index (χ1v) is 8.87. The third kappa shape index (κ3) is 6.63. The van der Waals surface area contributed by atoms with Gasteiger partial charge in [-0.1, -0.05) is 13.8 Å². The SMILES string of the molecule is CC(C)C[C@H](NC(=O)CCNS(=O)(=O)c1ccc(F)cc1)C(=O)O. The lowest BCUT2D eigenvalue weighted by Gasteiger charge is -2.16. The Morgan fingerprint density at radius 3 is 2.29 bits per heavy atom. The van der Waals surface area contributed by atoms with E-state index in [0.717, 1.165) is 24.3 Å². The summed E-state index contributed by atoms with van der Waals surface area (Å²) in [6.07, 6.45) is 0.0741. The molecule has 0 heterocycles. The van der Waals surface area contributed by atoms with Gasteiger partial charge in [-0.2, -0.15) is 0 Å². The summed E-state index contributed by atoms with van der Waals surface area (Å²) >= 11 is 0. The van der Waals surface area contributed by atoms with Crippen molar-refractivity contribution in [3.63, 3.8) is 0 Å². The Morgan fingerprint density at radius 1 is 1.21 bits per heavy atom. The Morgan fingerprint density at radius 2 is 1.79 bits per heavy atom. The summed E-state index contributed by atoms with van der Waals surface area (Å²) in [5.41, 5.74) is 0. The average Bonchev–Trinajstić information content (AvgIpc) is 2.46. The molecule has 9 heteroatoms. The summed E-state index contributed by atoms with van der Waals surface area (Å²) in [4.78, 5) is 22.7. The number of sulfonamides is 1. The lowest BCUT2D eigenvalue weighted by atomic mass is 10.0. The topological polar surface area (TPSA) is 113 Å². The predicted octanol–water partition coefficient (Wildman–Crippen LogP) is 1.11. The van der Waals surface area contributed by atoms with E-state index in [2.05, 4.69) is 10.0 Å². The summed E-state index contributed by atoms with van der Waals surface area (Å²) in [5, 5.41) is 11.4.